The van der Waals surface area contributed by atoms with Crippen molar-refractivity contribution in [2.75, 3.05) is 13.1 Å². The van der Waals surface area contributed by atoms with Crippen LogP contribution in [0.5, 0.6) is 0 Å². The molecule has 7 heavy (non-hydrogen) atoms. The van der Waals surface area contributed by atoms with Crippen LogP contribution >= 0.6 is 0 Å². The Bertz CT molecular complexity index is 33.2. The normalized spacial score (nSPS) is 10.3. The second kappa shape index (κ2) is 4.13. The molecule has 0 unspecified atom stereocenters. The molecule has 1 radical (unpaired) electrons. The van der Waals surface area contributed by atoms with Crippen LogP contribution < -0.4 is 5.32 Å². The Morgan fingerprint density at radius 2 is 2.14 bits per heavy atom. The molecule has 0 heterocycles. The van der Waals surface area contributed by atoms with Crippen LogP contribution in [0.2, 0.25) is 0 Å². The zero-order valence-electron chi connectivity index (χ0n) is 5.20. The molecule has 0 aliphatic carbocycles. The Morgan fingerprint density at radius 3 is 2.29 bits per heavy atom. The van der Waals surface area contributed by atoms with Crippen molar-refractivity contribution in [3.05, 3.63) is 6.92 Å². The van der Waals surface area contributed by atoms with Crippen LogP contribution in [-0.2, 0) is 0 Å². The molecule has 0 aromatic rings. The molecule has 0 spiro atoms. The van der Waals surface area contributed by atoms with E-state index in [1.165, 1.54) is 0 Å². The molecule has 0 amide bonds. The Balaban J connectivity index is 2.68. The fourth-order valence-electron chi connectivity index (χ4n) is 0.391. The van der Waals surface area contributed by atoms with Gasteiger partial charge in [-0.25, -0.2) is 0 Å². The summed E-state index contributed by atoms with van der Waals surface area (Å²) in [6, 6.07) is 0. The largest absolute Gasteiger partial charge is 0.316 e. The summed E-state index contributed by atoms with van der Waals surface area (Å²) >= 11 is 0. The SMILES string of the molecule is [CH2]CNCC(C)C. The lowest BCUT2D eigenvalue weighted by Gasteiger charge is -2.01. The predicted octanol–water partition coefficient (Wildman–Crippen LogP) is 1.07. The first-order valence-corrected chi connectivity index (χ1v) is 2.77. The zero-order chi connectivity index (χ0) is 5.70. The molecule has 1 N–H and O–H groups in total. The fourth-order valence-corrected chi connectivity index (χ4v) is 0.391. The molecule has 0 aliphatic heterocycles. The number of hydrogen-bond donors (Lipinski definition) is 1. The van der Waals surface area contributed by atoms with Crippen LogP contribution in [0.3, 0.4) is 0 Å². The predicted molar refractivity (Wildman–Crippen MR) is 33.1 cm³/mol. The maximum atomic E-state index is 3.65. The molecule has 0 aliphatic rings. The van der Waals surface area contributed by atoms with Gasteiger partial charge in [0.05, 0.1) is 0 Å². The van der Waals surface area contributed by atoms with Crippen molar-refractivity contribution >= 4 is 0 Å². The van der Waals surface area contributed by atoms with Crippen LogP contribution in [0.4, 0.5) is 0 Å². The third kappa shape index (κ3) is 5.96. The zero-order valence-corrected chi connectivity index (χ0v) is 5.20. The van der Waals surface area contributed by atoms with E-state index in [0.29, 0.717) is 0 Å². The monoisotopic (exact) mass is 100 g/mol. The smallest absolute Gasteiger partial charge is 0.00258 e. The van der Waals surface area contributed by atoms with Gasteiger partial charge in [-0.3, -0.25) is 0 Å². The Hall–Kier alpha value is -0.0400. The lowest BCUT2D eigenvalue weighted by Crippen LogP contribution is -2.18. The molecule has 1 nitrogen and oxygen atoms in total. The summed E-state index contributed by atoms with van der Waals surface area (Å²) < 4.78 is 0. The van der Waals surface area contributed by atoms with E-state index in [1.54, 1.807) is 0 Å². The van der Waals surface area contributed by atoms with Crippen LogP contribution in [0, 0.1) is 12.8 Å². The Kier molecular flexibility index (Phi) is 4.10. The highest BCUT2D eigenvalue weighted by Crippen LogP contribution is 1.84. The summed E-state index contributed by atoms with van der Waals surface area (Å²) in [5.41, 5.74) is 0. The van der Waals surface area contributed by atoms with Gasteiger partial charge in [-0.1, -0.05) is 13.8 Å². The van der Waals surface area contributed by atoms with Gasteiger partial charge in [0.25, 0.3) is 0 Å². The maximum Gasteiger partial charge on any atom is -0.00258 e. The van der Waals surface area contributed by atoms with Crippen molar-refractivity contribution in [1.29, 1.82) is 0 Å². The third-order valence-corrected chi connectivity index (χ3v) is 0.729. The molecule has 1 heteroatoms. The first-order chi connectivity index (χ1) is 3.27. The lowest BCUT2D eigenvalue weighted by molar-refractivity contribution is 0.576. The molecule has 0 bridgehead atoms. The van der Waals surface area contributed by atoms with Gasteiger partial charge in [0.1, 0.15) is 0 Å². The lowest BCUT2D eigenvalue weighted by atomic mass is 10.2. The second-order valence-electron chi connectivity index (χ2n) is 2.10. The second-order valence-corrected chi connectivity index (χ2v) is 2.10. The van der Waals surface area contributed by atoms with Gasteiger partial charge in [0.15, 0.2) is 0 Å². The van der Waals surface area contributed by atoms with E-state index < -0.39 is 0 Å². The van der Waals surface area contributed by atoms with Crippen molar-refractivity contribution in [2.45, 2.75) is 13.8 Å². The Morgan fingerprint density at radius 1 is 1.57 bits per heavy atom. The van der Waals surface area contributed by atoms with E-state index in [0.717, 1.165) is 19.0 Å². The molecule has 43 valence electrons. The van der Waals surface area contributed by atoms with Gasteiger partial charge in [-0.05, 0) is 25.9 Å². The van der Waals surface area contributed by atoms with E-state index in [9.17, 15) is 0 Å². The van der Waals surface area contributed by atoms with Crippen molar-refractivity contribution in [3.8, 4) is 0 Å². The third-order valence-electron chi connectivity index (χ3n) is 0.729. The first-order valence-electron chi connectivity index (χ1n) is 2.77. The van der Waals surface area contributed by atoms with E-state index >= 15 is 0 Å². The van der Waals surface area contributed by atoms with Crippen LogP contribution in [-0.4, -0.2) is 13.1 Å². The molecular formula is C6H14N. The van der Waals surface area contributed by atoms with Gasteiger partial charge in [-0.15, -0.1) is 0 Å². The molecular weight excluding hydrogens is 86.1 g/mol. The van der Waals surface area contributed by atoms with Crippen molar-refractivity contribution in [1.82, 2.24) is 5.32 Å². The molecule has 0 saturated carbocycles. The van der Waals surface area contributed by atoms with Gasteiger partial charge in [-0.2, -0.15) is 0 Å². The van der Waals surface area contributed by atoms with Crippen molar-refractivity contribution < 1.29 is 0 Å². The maximum absolute atomic E-state index is 3.65. The average molecular weight is 100 g/mol. The fraction of sp³-hybridized carbons (Fsp3) is 0.833. The highest BCUT2D eigenvalue weighted by Gasteiger charge is 1.87. The standard InChI is InChI=1S/C6H14N/c1-4-7-5-6(2)3/h6-7H,1,4-5H2,2-3H3. The van der Waals surface area contributed by atoms with Crippen LogP contribution in [0.1, 0.15) is 13.8 Å². The van der Waals surface area contributed by atoms with Gasteiger partial charge in [0, 0.05) is 0 Å². The summed E-state index contributed by atoms with van der Waals surface area (Å²) in [7, 11) is 0. The minimum absolute atomic E-state index is 0.752. The molecule has 0 rings (SSSR count). The van der Waals surface area contributed by atoms with Crippen molar-refractivity contribution in [2.24, 2.45) is 5.92 Å². The van der Waals surface area contributed by atoms with Crippen LogP contribution in [0.25, 0.3) is 0 Å². The summed E-state index contributed by atoms with van der Waals surface area (Å²) in [5, 5.41) is 3.14. The van der Waals surface area contributed by atoms with Gasteiger partial charge in [0.2, 0.25) is 0 Å². The topological polar surface area (TPSA) is 12.0 Å². The van der Waals surface area contributed by atoms with E-state index in [1.807, 2.05) is 0 Å². The van der Waals surface area contributed by atoms with E-state index in [-0.39, 0.29) is 0 Å². The van der Waals surface area contributed by atoms with Crippen molar-refractivity contribution in [3.63, 3.8) is 0 Å². The minimum atomic E-state index is 0.752. The average Bonchev–Trinajstić information content (AvgIpc) is 1.61. The summed E-state index contributed by atoms with van der Waals surface area (Å²) in [6.45, 7) is 9.95. The summed E-state index contributed by atoms with van der Waals surface area (Å²) in [6.07, 6.45) is 0. The van der Waals surface area contributed by atoms with Crippen LogP contribution in [0.15, 0.2) is 0 Å². The summed E-state index contributed by atoms with van der Waals surface area (Å²) in [5.74, 6) is 0.752. The number of rotatable bonds is 3. The molecule has 0 aromatic carbocycles. The Labute approximate surface area is 46.1 Å². The summed E-state index contributed by atoms with van der Waals surface area (Å²) in [4.78, 5) is 0. The number of nitrogens with one attached hydrogen (secondary N) is 1. The number of hydrogen-bond acceptors (Lipinski definition) is 1. The molecule has 0 atom stereocenters. The van der Waals surface area contributed by atoms with E-state index in [4.69, 9.17) is 0 Å². The van der Waals surface area contributed by atoms with Gasteiger partial charge >= 0.3 is 0 Å². The highest BCUT2D eigenvalue weighted by atomic mass is 14.8. The van der Waals surface area contributed by atoms with Gasteiger partial charge < -0.3 is 5.32 Å². The quantitative estimate of drug-likeness (QED) is 0.559. The minimum Gasteiger partial charge on any atom is -0.316 e. The first kappa shape index (κ1) is 6.96. The van der Waals surface area contributed by atoms with E-state index in [2.05, 4.69) is 26.1 Å². The highest BCUT2D eigenvalue weighted by molar-refractivity contribution is 4.50. The molecule has 0 saturated heterocycles. The molecule has 0 aromatic heterocycles. The molecule has 0 fully saturated rings.